The fourth-order valence-electron chi connectivity index (χ4n) is 3.97. The number of carboxylic acid groups (broad SMARTS) is 1. The molecule has 6 heteroatoms. The second-order valence-electron chi connectivity index (χ2n) is 11.3. The number of methoxy groups -OCH3 is 1. The van der Waals surface area contributed by atoms with Crippen LogP contribution in [0.1, 0.15) is 181 Å². The van der Waals surface area contributed by atoms with Crippen LogP contribution in [0.3, 0.4) is 0 Å². The molecular weight excluding hydrogens is 630 g/mol. The Kier molecular flexibility index (Phi) is 59.2. The van der Waals surface area contributed by atoms with E-state index >= 15 is 0 Å². The number of aromatic carboxylic acids is 1. The number of ether oxygens (including phenoxy) is 1. The van der Waals surface area contributed by atoms with E-state index in [9.17, 15) is 9.59 Å². The number of benzene rings is 2. The quantitative estimate of drug-likeness (QED) is 0.185. The van der Waals surface area contributed by atoms with E-state index in [0.29, 0.717) is 17.4 Å². The molecule has 2 rings (SSSR count). The summed E-state index contributed by atoms with van der Waals surface area (Å²) >= 11 is 0. The molecule has 1 N–H and O–H groups in total. The molecule has 0 saturated heterocycles. The number of hydrogen-bond donors (Lipinski definition) is 1. The van der Waals surface area contributed by atoms with Gasteiger partial charge in [0.1, 0.15) is 0 Å². The second kappa shape index (κ2) is 40.1. The summed E-state index contributed by atoms with van der Waals surface area (Å²) in [5.41, 5.74) is 2.69. The van der Waals surface area contributed by atoms with Gasteiger partial charge in [0.05, 0.1) is 44.3 Å². The zero-order valence-electron chi connectivity index (χ0n) is 28.8. The Morgan fingerprint density at radius 1 is 0.653 bits per heavy atom. The van der Waals surface area contributed by atoms with E-state index in [1.54, 1.807) is 12.1 Å². The summed E-state index contributed by atoms with van der Waals surface area (Å²) in [5, 5.41) is 8.67. The Balaban J connectivity index is -0.0000000496. The zero-order valence-corrected chi connectivity index (χ0v) is 29.6. The number of nitrogens with zero attached hydrogens (tertiary/aromatic N) is 1. The number of quaternary nitrogens is 1. The van der Waals surface area contributed by atoms with Crippen LogP contribution in [0.4, 0.5) is 0 Å². The third kappa shape index (κ3) is 29.1. The molecule has 2 aromatic rings. The van der Waals surface area contributed by atoms with E-state index in [1.165, 1.54) is 55.3 Å². The Labute approximate surface area is 316 Å². The Hall–Kier alpha value is -2.37. The third-order valence-corrected chi connectivity index (χ3v) is 8.63. The van der Waals surface area contributed by atoms with Crippen molar-refractivity contribution in [1.29, 1.82) is 0 Å². The van der Waals surface area contributed by atoms with Gasteiger partial charge >= 0.3 is 11.9 Å². The summed E-state index contributed by atoms with van der Waals surface area (Å²) < 4.78 is 5.84. The van der Waals surface area contributed by atoms with Gasteiger partial charge in [-0.25, -0.2) is 4.79 Å². The lowest BCUT2D eigenvalue weighted by Gasteiger charge is -2.34. The molecule has 0 aromatic heterocycles. The Morgan fingerprint density at radius 2 is 0.980 bits per heavy atom. The van der Waals surface area contributed by atoms with E-state index in [0.717, 1.165) is 12.8 Å². The van der Waals surface area contributed by atoms with Crippen LogP contribution in [0.2, 0.25) is 0 Å². The standard InChI is InChI=1S/C11H14O2.C10H14.C8H20N.C7H14O2.7CH4.ClH/c1-3-8(2)9-4-6-10(7-5-9)11(12)13;1-3-9(2)10-7-5-4-6-8-10;1-5-9(6-2,7-3)8-4;1-5-7(2,3)6(8)9-4;;;;;;;;/h4-8H,3H2,1-2H3,(H,12,13);4-9H,3H2,1-2H3;5-8H2,1-4H3;5H2,1-4H3;7*1H4;1H/q;;+1;;;;;;;;;/p-1. The molecule has 0 radical (unpaired) electrons. The normalized spacial score (nSPS) is 10.2. The van der Waals surface area contributed by atoms with Crippen LogP contribution < -0.4 is 12.4 Å². The zero-order chi connectivity index (χ0) is 32.1. The fraction of sp³-hybridized carbons (Fsp3) is 0.674. The van der Waals surface area contributed by atoms with Crippen molar-refractivity contribution >= 4 is 11.9 Å². The van der Waals surface area contributed by atoms with Crippen molar-refractivity contribution in [3.05, 3.63) is 71.3 Å². The second-order valence-corrected chi connectivity index (χ2v) is 11.3. The summed E-state index contributed by atoms with van der Waals surface area (Å²) in [6.07, 6.45) is 3.12. The van der Waals surface area contributed by atoms with Crippen molar-refractivity contribution < 1.29 is 36.3 Å². The summed E-state index contributed by atoms with van der Waals surface area (Å²) in [5.74, 6) is 0.213. The minimum absolute atomic E-state index is 0. The highest BCUT2D eigenvalue weighted by Crippen LogP contribution is 2.21. The highest BCUT2D eigenvalue weighted by Gasteiger charge is 2.25. The van der Waals surface area contributed by atoms with Crippen LogP contribution in [-0.4, -0.2) is 54.8 Å². The number of carbonyl (C=O) groups excluding carboxylic acids is 1. The molecule has 298 valence electrons. The first-order valence-corrected chi connectivity index (χ1v) is 15.6. The van der Waals surface area contributed by atoms with E-state index in [-0.39, 0.29) is 75.8 Å². The van der Waals surface area contributed by atoms with Crippen molar-refractivity contribution in [3.63, 3.8) is 0 Å². The van der Waals surface area contributed by atoms with Crippen molar-refractivity contribution in [3.8, 4) is 0 Å². The van der Waals surface area contributed by atoms with Gasteiger partial charge in [0.2, 0.25) is 0 Å². The van der Waals surface area contributed by atoms with Gasteiger partial charge in [-0.2, -0.15) is 0 Å². The maximum Gasteiger partial charge on any atom is 0.335 e. The van der Waals surface area contributed by atoms with Crippen LogP contribution in [-0.2, 0) is 9.53 Å². The molecule has 0 fully saturated rings. The van der Waals surface area contributed by atoms with Gasteiger partial charge in [0.15, 0.2) is 0 Å². The van der Waals surface area contributed by atoms with Gasteiger partial charge in [-0.05, 0) is 95.9 Å². The SMILES string of the molecule is C.C.C.C.C.C.C.CCC(C)(C)C(=O)OC.CCC(C)c1ccc(C(=O)O)cc1.CCC(C)c1ccccc1.CC[N+](CC)(CC)CC.[Cl-]. The first kappa shape index (κ1) is 72.4. The van der Waals surface area contributed by atoms with Gasteiger partial charge in [0, 0.05) is 0 Å². The summed E-state index contributed by atoms with van der Waals surface area (Å²) in [6, 6.07) is 17.7. The molecule has 0 amide bonds. The van der Waals surface area contributed by atoms with E-state index in [4.69, 9.17) is 5.11 Å². The third-order valence-electron chi connectivity index (χ3n) is 8.63. The number of esters is 1. The van der Waals surface area contributed by atoms with Crippen LogP contribution in [0.5, 0.6) is 0 Å². The van der Waals surface area contributed by atoms with Crippen molar-refractivity contribution in [1.82, 2.24) is 0 Å². The smallest absolute Gasteiger partial charge is 0.335 e. The highest BCUT2D eigenvalue weighted by atomic mass is 35.5. The molecule has 0 aliphatic rings. The molecule has 0 saturated carbocycles. The molecular formula is C43H90ClNO4. The van der Waals surface area contributed by atoms with Crippen LogP contribution in [0.15, 0.2) is 54.6 Å². The van der Waals surface area contributed by atoms with Crippen molar-refractivity contribution in [2.75, 3.05) is 33.3 Å². The van der Waals surface area contributed by atoms with E-state index < -0.39 is 5.97 Å². The lowest BCUT2D eigenvalue weighted by atomic mass is 9.91. The molecule has 0 heterocycles. The molecule has 0 aliphatic carbocycles. The predicted octanol–water partition coefficient (Wildman–Crippen LogP) is 11.0. The number of rotatable bonds is 11. The van der Waals surface area contributed by atoms with Crippen LogP contribution in [0, 0.1) is 5.41 Å². The maximum atomic E-state index is 10.8. The predicted molar refractivity (Wildman–Crippen MR) is 223 cm³/mol. The molecule has 2 unspecified atom stereocenters. The van der Waals surface area contributed by atoms with E-state index in [1.807, 2.05) is 32.9 Å². The molecule has 49 heavy (non-hydrogen) atoms. The van der Waals surface area contributed by atoms with Gasteiger partial charge in [-0.15, -0.1) is 0 Å². The maximum absolute atomic E-state index is 10.8. The first-order chi connectivity index (χ1) is 19.3. The number of carbonyl (C=O) groups is 2. The molecule has 5 nitrogen and oxygen atoms in total. The van der Waals surface area contributed by atoms with Gasteiger partial charge in [-0.3, -0.25) is 4.79 Å². The average molecular weight is 721 g/mol. The van der Waals surface area contributed by atoms with Gasteiger partial charge in [-0.1, -0.05) is 129 Å². The Morgan fingerprint density at radius 3 is 1.18 bits per heavy atom. The largest absolute Gasteiger partial charge is 1.00 e. The van der Waals surface area contributed by atoms with Crippen LogP contribution >= 0.6 is 0 Å². The van der Waals surface area contributed by atoms with Gasteiger partial charge in [0.25, 0.3) is 0 Å². The van der Waals surface area contributed by atoms with Crippen molar-refractivity contribution in [2.24, 2.45) is 5.41 Å². The molecule has 0 bridgehead atoms. The molecule has 0 spiro atoms. The van der Waals surface area contributed by atoms with E-state index in [2.05, 4.69) is 90.5 Å². The monoisotopic (exact) mass is 720 g/mol. The number of halogens is 1. The fourth-order valence-corrected chi connectivity index (χ4v) is 3.97. The number of carboxylic acids is 1. The Bertz CT molecular complexity index is 925. The summed E-state index contributed by atoms with van der Waals surface area (Å²) in [4.78, 5) is 21.4. The minimum atomic E-state index is -0.865. The highest BCUT2D eigenvalue weighted by molar-refractivity contribution is 5.87. The van der Waals surface area contributed by atoms with Crippen molar-refractivity contribution in [2.45, 2.75) is 159 Å². The molecule has 0 aliphatic heterocycles. The topological polar surface area (TPSA) is 63.6 Å². The van der Waals surface area contributed by atoms with Crippen LogP contribution in [0.25, 0.3) is 0 Å². The average Bonchev–Trinajstić information content (AvgIpc) is 3.02. The molecule has 2 aromatic carbocycles. The summed E-state index contributed by atoms with van der Waals surface area (Å²) in [6.45, 7) is 28.7. The minimum Gasteiger partial charge on any atom is -1.00 e. The summed E-state index contributed by atoms with van der Waals surface area (Å²) in [7, 11) is 1.42. The lowest BCUT2D eigenvalue weighted by Crippen LogP contribution is -3.00. The lowest BCUT2D eigenvalue weighted by molar-refractivity contribution is -0.921. The molecule has 2 atom stereocenters. The number of hydrogen-bond acceptors (Lipinski definition) is 3. The first-order valence-electron chi connectivity index (χ1n) is 15.6. The van der Waals surface area contributed by atoms with Gasteiger partial charge < -0.3 is 26.7 Å².